The summed E-state index contributed by atoms with van der Waals surface area (Å²) in [6.07, 6.45) is 1.04. The summed E-state index contributed by atoms with van der Waals surface area (Å²) in [5, 5.41) is 13.1. The Morgan fingerprint density at radius 1 is 1.30 bits per heavy atom. The maximum Gasteiger partial charge on any atom is 0.235 e. The van der Waals surface area contributed by atoms with Crippen LogP contribution in [-0.2, 0) is 5.75 Å². The van der Waals surface area contributed by atoms with Gasteiger partial charge in [0.05, 0.1) is 0 Å². The second-order valence-electron chi connectivity index (χ2n) is 5.53. The van der Waals surface area contributed by atoms with Crippen LogP contribution in [0, 0.1) is 11.7 Å². The van der Waals surface area contributed by atoms with E-state index in [1.807, 2.05) is 4.52 Å². The second-order valence-corrected chi connectivity index (χ2v) is 7.71. The Bertz CT molecular complexity index is 783. The molecule has 0 spiro atoms. The van der Waals surface area contributed by atoms with Gasteiger partial charge in [-0.3, -0.25) is 0 Å². The molecule has 0 saturated carbocycles. The van der Waals surface area contributed by atoms with E-state index in [4.69, 9.17) is 0 Å². The standard InChI is InChI=1S/C15H18FN5S2/c1-3-9(2)12(17)13-18-19-14-21(13)20-15(23-14)22-8-10-4-6-11(16)7-5-10/h4-7,9,12H,3,8,17H2,1-2H3/p+1/t9-,12-/m0/s1. The first-order valence-corrected chi connectivity index (χ1v) is 9.31. The Hall–Kier alpha value is -1.51. The van der Waals surface area contributed by atoms with Gasteiger partial charge in [0.25, 0.3) is 0 Å². The average Bonchev–Trinajstić information content (AvgIpc) is 3.13. The molecule has 0 saturated heterocycles. The average molecular weight is 352 g/mol. The molecule has 2 aromatic heterocycles. The number of hydrogen-bond acceptors (Lipinski definition) is 5. The van der Waals surface area contributed by atoms with E-state index < -0.39 is 0 Å². The summed E-state index contributed by atoms with van der Waals surface area (Å²) in [5.41, 5.74) is 5.28. The topological polar surface area (TPSA) is 70.7 Å². The largest absolute Gasteiger partial charge is 0.348 e. The molecule has 3 aromatic rings. The fourth-order valence-corrected chi connectivity index (χ4v) is 4.01. The van der Waals surface area contributed by atoms with Crippen LogP contribution in [0.15, 0.2) is 28.6 Å². The molecule has 122 valence electrons. The molecule has 2 heterocycles. The fraction of sp³-hybridized carbons (Fsp3) is 0.400. The lowest BCUT2D eigenvalue weighted by Crippen LogP contribution is -2.57. The minimum Gasteiger partial charge on any atom is -0.348 e. The van der Waals surface area contributed by atoms with Crippen molar-refractivity contribution in [3.8, 4) is 0 Å². The zero-order chi connectivity index (χ0) is 16.4. The number of aromatic nitrogens is 4. The van der Waals surface area contributed by atoms with Gasteiger partial charge in [-0.1, -0.05) is 49.1 Å². The van der Waals surface area contributed by atoms with E-state index in [0.29, 0.717) is 5.92 Å². The molecular formula is C15H19FN5S2+. The third-order valence-corrected chi connectivity index (χ3v) is 6.04. The molecule has 0 radical (unpaired) electrons. The Kier molecular flexibility index (Phi) is 4.93. The molecule has 1 aromatic carbocycles. The molecule has 2 atom stereocenters. The molecule has 0 bridgehead atoms. The number of nitrogens with zero attached hydrogens (tertiary/aromatic N) is 4. The molecule has 5 nitrogen and oxygen atoms in total. The van der Waals surface area contributed by atoms with Crippen molar-refractivity contribution >= 4 is 28.1 Å². The lowest BCUT2D eigenvalue weighted by Gasteiger charge is -2.11. The number of quaternary nitrogens is 1. The van der Waals surface area contributed by atoms with Crippen LogP contribution in [0.3, 0.4) is 0 Å². The van der Waals surface area contributed by atoms with Crippen molar-refractivity contribution in [2.24, 2.45) is 5.92 Å². The summed E-state index contributed by atoms with van der Waals surface area (Å²) in [4.78, 5) is 0.790. The van der Waals surface area contributed by atoms with Crippen molar-refractivity contribution < 1.29 is 10.1 Å². The molecule has 3 rings (SSSR count). The third-order valence-electron chi connectivity index (χ3n) is 3.93. The van der Waals surface area contributed by atoms with Gasteiger partial charge in [-0.15, -0.1) is 15.3 Å². The van der Waals surface area contributed by atoms with Crippen LogP contribution in [0.25, 0.3) is 4.96 Å². The smallest absolute Gasteiger partial charge is 0.235 e. The molecule has 0 aliphatic rings. The zero-order valence-electron chi connectivity index (χ0n) is 13.1. The summed E-state index contributed by atoms with van der Waals surface area (Å²) < 4.78 is 15.7. The van der Waals surface area contributed by atoms with E-state index >= 15 is 0 Å². The van der Waals surface area contributed by atoms with Crippen molar-refractivity contribution in [3.05, 3.63) is 41.5 Å². The van der Waals surface area contributed by atoms with Gasteiger partial charge in [0.2, 0.25) is 10.8 Å². The van der Waals surface area contributed by atoms with Crippen LogP contribution in [0.5, 0.6) is 0 Å². The number of hydrogen-bond donors (Lipinski definition) is 1. The number of thioether (sulfide) groups is 1. The maximum atomic E-state index is 12.9. The molecule has 0 amide bonds. The quantitative estimate of drug-likeness (QED) is 0.693. The maximum absolute atomic E-state index is 12.9. The molecule has 0 unspecified atom stereocenters. The van der Waals surface area contributed by atoms with Gasteiger partial charge in [0.15, 0.2) is 4.34 Å². The predicted octanol–water partition coefficient (Wildman–Crippen LogP) is 2.95. The van der Waals surface area contributed by atoms with Crippen LogP contribution >= 0.6 is 23.1 Å². The molecule has 8 heteroatoms. The number of fused-ring (bicyclic) bond motifs is 1. The summed E-state index contributed by atoms with van der Waals surface area (Å²) in [5.74, 6) is 1.78. The van der Waals surface area contributed by atoms with E-state index in [9.17, 15) is 4.39 Å². The number of rotatable bonds is 6. The number of halogens is 1. The van der Waals surface area contributed by atoms with Gasteiger partial charge >= 0.3 is 0 Å². The first-order chi connectivity index (χ1) is 11.1. The van der Waals surface area contributed by atoms with E-state index in [0.717, 1.165) is 32.9 Å². The van der Waals surface area contributed by atoms with E-state index in [1.54, 1.807) is 23.9 Å². The van der Waals surface area contributed by atoms with Gasteiger partial charge in [0.1, 0.15) is 11.9 Å². The van der Waals surface area contributed by atoms with Crippen molar-refractivity contribution in [2.45, 2.75) is 36.4 Å². The lowest BCUT2D eigenvalue weighted by molar-refractivity contribution is -0.441. The summed E-state index contributed by atoms with van der Waals surface area (Å²) in [7, 11) is 0. The normalized spacial score (nSPS) is 14.3. The fourth-order valence-electron chi connectivity index (χ4n) is 2.17. The summed E-state index contributed by atoms with van der Waals surface area (Å²) >= 11 is 3.14. The van der Waals surface area contributed by atoms with E-state index in [-0.39, 0.29) is 11.9 Å². The molecule has 3 N–H and O–H groups in total. The molecule has 0 aliphatic carbocycles. The highest BCUT2D eigenvalue weighted by Gasteiger charge is 2.24. The van der Waals surface area contributed by atoms with Crippen molar-refractivity contribution in [1.29, 1.82) is 0 Å². The Morgan fingerprint density at radius 3 is 2.74 bits per heavy atom. The van der Waals surface area contributed by atoms with Crippen LogP contribution < -0.4 is 5.73 Å². The van der Waals surface area contributed by atoms with Crippen LogP contribution in [-0.4, -0.2) is 19.8 Å². The number of benzene rings is 1. The van der Waals surface area contributed by atoms with Crippen LogP contribution in [0.1, 0.15) is 37.7 Å². The van der Waals surface area contributed by atoms with Gasteiger partial charge in [-0.25, -0.2) is 4.39 Å². The summed E-state index contributed by atoms with van der Waals surface area (Å²) in [6, 6.07) is 6.62. The third kappa shape index (κ3) is 3.54. The lowest BCUT2D eigenvalue weighted by atomic mass is 10.00. The second kappa shape index (κ2) is 6.94. The minimum atomic E-state index is -0.214. The highest BCUT2D eigenvalue weighted by molar-refractivity contribution is 8.00. The van der Waals surface area contributed by atoms with E-state index in [1.165, 1.54) is 23.5 Å². The Balaban J connectivity index is 1.75. The van der Waals surface area contributed by atoms with Crippen molar-refractivity contribution in [2.75, 3.05) is 0 Å². The molecule has 0 fully saturated rings. The molecular weight excluding hydrogens is 333 g/mol. The summed E-state index contributed by atoms with van der Waals surface area (Å²) in [6.45, 7) is 4.31. The highest BCUT2D eigenvalue weighted by atomic mass is 32.2. The van der Waals surface area contributed by atoms with Gasteiger partial charge in [0, 0.05) is 11.7 Å². The van der Waals surface area contributed by atoms with Crippen LogP contribution in [0.4, 0.5) is 4.39 Å². The SMILES string of the molecule is CC[C@H](C)[C@H]([NH3+])c1nnc2sc(SCc3ccc(F)cc3)nn12. The van der Waals surface area contributed by atoms with Gasteiger partial charge in [-0.05, 0) is 24.1 Å². The van der Waals surface area contributed by atoms with Crippen molar-refractivity contribution in [3.63, 3.8) is 0 Å². The monoisotopic (exact) mass is 352 g/mol. The first-order valence-electron chi connectivity index (χ1n) is 7.51. The van der Waals surface area contributed by atoms with Gasteiger partial charge in [-0.2, -0.15) is 4.52 Å². The minimum absolute atomic E-state index is 0.0760. The molecule has 23 heavy (non-hydrogen) atoms. The zero-order valence-corrected chi connectivity index (χ0v) is 14.7. The Morgan fingerprint density at radius 2 is 2.04 bits per heavy atom. The molecule has 0 aliphatic heterocycles. The van der Waals surface area contributed by atoms with Crippen LogP contribution in [0.2, 0.25) is 0 Å². The predicted molar refractivity (Wildman–Crippen MR) is 89.7 cm³/mol. The Labute approximate surface area is 142 Å². The highest BCUT2D eigenvalue weighted by Crippen LogP contribution is 2.29. The first kappa shape index (κ1) is 16.4. The van der Waals surface area contributed by atoms with E-state index in [2.05, 4.69) is 34.9 Å². The van der Waals surface area contributed by atoms with Gasteiger partial charge < -0.3 is 5.73 Å². The van der Waals surface area contributed by atoms with Crippen molar-refractivity contribution in [1.82, 2.24) is 19.8 Å².